The van der Waals surface area contributed by atoms with Crippen LogP contribution in [0.15, 0.2) is 182 Å². The summed E-state index contributed by atoms with van der Waals surface area (Å²) < 4.78 is 4.79. The summed E-state index contributed by atoms with van der Waals surface area (Å²) in [5, 5.41) is 6.08. The Bertz CT molecular complexity index is 3280. The zero-order chi connectivity index (χ0) is 35.3. The van der Waals surface area contributed by atoms with E-state index >= 15 is 0 Å². The van der Waals surface area contributed by atoms with Crippen molar-refractivity contribution in [1.29, 1.82) is 0 Å². The Morgan fingerprint density at radius 1 is 0.333 bits per heavy atom. The Labute approximate surface area is 310 Å². The topological polar surface area (TPSA) is 35.6 Å². The summed E-state index contributed by atoms with van der Waals surface area (Å²) in [4.78, 5) is 10.3. The minimum atomic E-state index is 0.741. The van der Waals surface area contributed by atoms with Gasteiger partial charge in [0.2, 0.25) is 0 Å². The fourth-order valence-electron chi connectivity index (χ4n) is 8.88. The molecular formula is C50H30N4. The fraction of sp³-hybridized carbons (Fsp3) is 0. The summed E-state index contributed by atoms with van der Waals surface area (Å²) in [7, 11) is 0. The van der Waals surface area contributed by atoms with Crippen molar-refractivity contribution in [2.24, 2.45) is 0 Å². The summed E-state index contributed by atoms with van der Waals surface area (Å²) in [6.07, 6.45) is 0. The van der Waals surface area contributed by atoms with E-state index in [4.69, 9.17) is 9.97 Å². The van der Waals surface area contributed by atoms with Crippen molar-refractivity contribution in [2.45, 2.75) is 0 Å². The van der Waals surface area contributed by atoms with Gasteiger partial charge in [0, 0.05) is 49.4 Å². The quantitative estimate of drug-likeness (QED) is 0.185. The van der Waals surface area contributed by atoms with Crippen molar-refractivity contribution in [2.75, 3.05) is 0 Å². The highest BCUT2D eigenvalue weighted by Gasteiger charge is 2.24. The van der Waals surface area contributed by atoms with Gasteiger partial charge in [-0.25, -0.2) is 9.97 Å². The molecule has 0 fully saturated rings. The highest BCUT2D eigenvalue weighted by atomic mass is 15.0. The van der Waals surface area contributed by atoms with Crippen LogP contribution in [0.3, 0.4) is 0 Å². The molecule has 0 N–H and O–H groups in total. The van der Waals surface area contributed by atoms with Gasteiger partial charge >= 0.3 is 0 Å². The number of hydrogen-bond donors (Lipinski definition) is 0. The van der Waals surface area contributed by atoms with Crippen LogP contribution >= 0.6 is 0 Å². The van der Waals surface area contributed by atoms with E-state index in [-0.39, 0.29) is 0 Å². The molecule has 0 aliphatic heterocycles. The monoisotopic (exact) mass is 686 g/mol. The molecule has 0 amide bonds. The van der Waals surface area contributed by atoms with Crippen molar-refractivity contribution >= 4 is 54.5 Å². The number of rotatable bonds is 4. The summed E-state index contributed by atoms with van der Waals surface area (Å²) in [5.74, 6) is 0.741. The molecule has 0 spiro atoms. The second-order valence-corrected chi connectivity index (χ2v) is 14.2. The van der Waals surface area contributed by atoms with Gasteiger partial charge in [0.15, 0.2) is 5.82 Å². The van der Waals surface area contributed by atoms with Gasteiger partial charge < -0.3 is 9.13 Å². The highest BCUT2D eigenvalue weighted by molar-refractivity contribution is 6.14. The summed E-state index contributed by atoms with van der Waals surface area (Å²) >= 11 is 0. The molecule has 4 heteroatoms. The lowest BCUT2D eigenvalue weighted by Gasteiger charge is -2.10. The van der Waals surface area contributed by atoms with Crippen LogP contribution in [0.5, 0.6) is 0 Å². The van der Waals surface area contributed by atoms with Gasteiger partial charge in [-0.05, 0) is 89.0 Å². The molecule has 3 heterocycles. The van der Waals surface area contributed by atoms with E-state index in [1.807, 2.05) is 0 Å². The van der Waals surface area contributed by atoms with Crippen LogP contribution in [0.2, 0.25) is 0 Å². The van der Waals surface area contributed by atoms with Gasteiger partial charge in [0.05, 0.1) is 33.3 Å². The van der Waals surface area contributed by atoms with Crippen LogP contribution in [0.1, 0.15) is 0 Å². The Balaban J connectivity index is 1.05. The average Bonchev–Trinajstić information content (AvgIpc) is 3.87. The van der Waals surface area contributed by atoms with Crippen molar-refractivity contribution in [3.8, 4) is 56.3 Å². The first-order valence-electron chi connectivity index (χ1n) is 18.4. The zero-order valence-corrected chi connectivity index (χ0v) is 29.1. The van der Waals surface area contributed by atoms with Gasteiger partial charge in [0.25, 0.3) is 0 Å². The molecule has 250 valence electrons. The van der Waals surface area contributed by atoms with E-state index in [2.05, 4.69) is 191 Å². The van der Waals surface area contributed by atoms with E-state index in [0.717, 1.165) is 50.5 Å². The van der Waals surface area contributed by atoms with Crippen LogP contribution in [0.4, 0.5) is 0 Å². The Morgan fingerprint density at radius 3 is 1.74 bits per heavy atom. The third-order valence-corrected chi connectivity index (χ3v) is 11.3. The van der Waals surface area contributed by atoms with Gasteiger partial charge in [-0.15, -0.1) is 0 Å². The minimum Gasteiger partial charge on any atom is -0.309 e. The number of benzene rings is 8. The molecule has 1 aliphatic carbocycles. The maximum atomic E-state index is 5.21. The first kappa shape index (κ1) is 29.3. The Kier molecular flexibility index (Phi) is 6.02. The van der Waals surface area contributed by atoms with Crippen LogP contribution < -0.4 is 0 Å². The molecule has 54 heavy (non-hydrogen) atoms. The lowest BCUT2D eigenvalue weighted by atomic mass is 10.00. The number of hydrogen-bond acceptors (Lipinski definition) is 2. The van der Waals surface area contributed by atoms with E-state index in [0.29, 0.717) is 0 Å². The third-order valence-electron chi connectivity index (χ3n) is 11.3. The minimum absolute atomic E-state index is 0.741. The van der Waals surface area contributed by atoms with Gasteiger partial charge in [0.1, 0.15) is 0 Å². The average molecular weight is 687 g/mol. The summed E-state index contributed by atoms with van der Waals surface area (Å²) in [6.45, 7) is 0. The number of fused-ring (bicyclic) bond motifs is 9. The SMILES string of the molecule is c1ccc(-n2c3ccc(-c4cccc(-c5nc6c7c(cccc7n5)-c5ccccc5-6)c4)cc3c3cc(-n4c5ccccc5c5ccccc54)ccc32)cc1. The molecule has 4 nitrogen and oxygen atoms in total. The molecule has 3 aromatic heterocycles. The predicted molar refractivity (Wildman–Crippen MR) is 224 cm³/mol. The second-order valence-electron chi connectivity index (χ2n) is 14.2. The van der Waals surface area contributed by atoms with Crippen molar-refractivity contribution in [3.63, 3.8) is 0 Å². The number of aromatic nitrogens is 4. The van der Waals surface area contributed by atoms with Gasteiger partial charge in [-0.3, -0.25) is 0 Å². The Morgan fingerprint density at radius 2 is 0.926 bits per heavy atom. The predicted octanol–water partition coefficient (Wildman–Crippen LogP) is 12.8. The van der Waals surface area contributed by atoms with Crippen LogP contribution in [-0.4, -0.2) is 19.1 Å². The first-order chi connectivity index (χ1) is 26.8. The van der Waals surface area contributed by atoms with E-state index < -0.39 is 0 Å². The molecular weight excluding hydrogens is 657 g/mol. The highest BCUT2D eigenvalue weighted by Crippen LogP contribution is 2.46. The van der Waals surface area contributed by atoms with E-state index in [9.17, 15) is 0 Å². The maximum absolute atomic E-state index is 5.21. The van der Waals surface area contributed by atoms with Crippen molar-refractivity contribution in [3.05, 3.63) is 182 Å². The van der Waals surface area contributed by atoms with Crippen LogP contribution in [0, 0.1) is 0 Å². The van der Waals surface area contributed by atoms with Crippen molar-refractivity contribution < 1.29 is 0 Å². The molecule has 0 atom stereocenters. The molecule has 11 aromatic rings. The zero-order valence-electron chi connectivity index (χ0n) is 29.1. The van der Waals surface area contributed by atoms with E-state index in [1.165, 1.54) is 60.3 Å². The van der Waals surface area contributed by atoms with Crippen LogP contribution in [0.25, 0.3) is 111 Å². The maximum Gasteiger partial charge on any atom is 0.160 e. The second kappa shape index (κ2) is 11.1. The number of nitrogens with zero attached hydrogens (tertiary/aromatic N) is 4. The van der Waals surface area contributed by atoms with Crippen molar-refractivity contribution in [1.82, 2.24) is 19.1 Å². The standard InChI is InChI=1S/C50H30N4/c1-2-14-34(15-3-1)53-46-26-24-32(29-41(46)42-30-35(25-27-47(42)53)54-44-22-8-6-17-37(44)38-18-7-9-23-45(38)54)31-12-10-13-33(28-31)50-51-43-21-11-20-39-36-16-4-5-19-40(36)49(52-50)48(39)43/h1-30H. The molecule has 8 aromatic carbocycles. The molecule has 0 saturated carbocycles. The molecule has 0 bridgehead atoms. The summed E-state index contributed by atoms with van der Waals surface area (Å²) in [6, 6.07) is 65.5. The lowest BCUT2D eigenvalue weighted by molar-refractivity contribution is 1.17. The molecule has 1 aliphatic rings. The molecule has 0 unspecified atom stereocenters. The Hall–Kier alpha value is -7.30. The normalized spacial score (nSPS) is 12.1. The fourth-order valence-corrected chi connectivity index (χ4v) is 8.88. The lowest BCUT2D eigenvalue weighted by Crippen LogP contribution is -1.95. The smallest absolute Gasteiger partial charge is 0.160 e. The molecule has 0 saturated heterocycles. The summed E-state index contributed by atoms with van der Waals surface area (Å²) in [5.41, 5.74) is 15.9. The van der Waals surface area contributed by atoms with E-state index in [1.54, 1.807) is 0 Å². The first-order valence-corrected chi connectivity index (χ1v) is 18.4. The van der Waals surface area contributed by atoms with Crippen LogP contribution in [-0.2, 0) is 0 Å². The van der Waals surface area contributed by atoms with Gasteiger partial charge in [-0.2, -0.15) is 0 Å². The molecule has 12 rings (SSSR count). The largest absolute Gasteiger partial charge is 0.309 e. The van der Waals surface area contributed by atoms with Gasteiger partial charge in [-0.1, -0.05) is 115 Å². The number of para-hydroxylation sites is 3. The third kappa shape index (κ3) is 4.13. The molecule has 0 radical (unpaired) electrons.